The summed E-state index contributed by atoms with van der Waals surface area (Å²) in [6, 6.07) is 17.1. The fourth-order valence-electron chi connectivity index (χ4n) is 3.53. The minimum Gasteiger partial charge on any atom is -0.453 e. The number of Topliss-reactive ketones (excluding diaryl/α,β-unsaturated/α-hetero) is 1. The second kappa shape index (κ2) is 7.39. The molecule has 0 radical (unpaired) electrons. The smallest absolute Gasteiger partial charge is 0.355 e. The van der Waals surface area contributed by atoms with Gasteiger partial charge in [0, 0.05) is 33.5 Å². The lowest BCUT2D eigenvalue weighted by Gasteiger charge is -2.10. The fourth-order valence-corrected chi connectivity index (χ4v) is 3.53. The van der Waals surface area contributed by atoms with E-state index in [1.165, 1.54) is 12.1 Å². The molecule has 0 aliphatic heterocycles. The van der Waals surface area contributed by atoms with Crippen LogP contribution in [0.4, 0.5) is 4.39 Å². The molecule has 146 valence electrons. The lowest BCUT2D eigenvalue weighted by atomic mass is 10.1. The molecule has 0 spiro atoms. The van der Waals surface area contributed by atoms with Crippen LogP contribution in [-0.2, 0) is 4.74 Å². The van der Waals surface area contributed by atoms with Gasteiger partial charge in [-0.15, -0.1) is 0 Å². The van der Waals surface area contributed by atoms with E-state index in [-0.39, 0.29) is 18.2 Å². The zero-order valence-corrected chi connectivity index (χ0v) is 16.0. The number of fused-ring (bicyclic) bond motifs is 1. The molecule has 0 aliphatic carbocycles. The van der Waals surface area contributed by atoms with Gasteiger partial charge in [0.1, 0.15) is 11.5 Å². The van der Waals surface area contributed by atoms with Gasteiger partial charge in [-0.3, -0.25) is 4.79 Å². The van der Waals surface area contributed by atoms with Crippen molar-refractivity contribution in [2.24, 2.45) is 0 Å². The number of aryl methyl sites for hydroxylation is 1. The van der Waals surface area contributed by atoms with E-state index >= 15 is 0 Å². The maximum Gasteiger partial charge on any atom is 0.355 e. The standard InChI is InChI=1S/C23H19FN2O3/c1-14-10-19(15(2)26(14)18-8-5-7-17(24)12-18)22(27)13-29-23(28)21-11-16-6-3-4-9-20(16)25-21/h3-12,25H,13H2,1-2H3. The second-order valence-corrected chi connectivity index (χ2v) is 6.87. The van der Waals surface area contributed by atoms with Crippen molar-refractivity contribution in [2.75, 3.05) is 6.61 Å². The van der Waals surface area contributed by atoms with E-state index < -0.39 is 5.97 Å². The molecule has 2 aromatic carbocycles. The number of ketones is 1. The first kappa shape index (κ1) is 18.7. The summed E-state index contributed by atoms with van der Waals surface area (Å²) in [5.41, 5.74) is 3.65. The number of aromatic amines is 1. The summed E-state index contributed by atoms with van der Waals surface area (Å²) in [7, 11) is 0. The summed E-state index contributed by atoms with van der Waals surface area (Å²) in [6.07, 6.45) is 0. The van der Waals surface area contributed by atoms with Crippen LogP contribution in [0.2, 0.25) is 0 Å². The van der Waals surface area contributed by atoms with Crippen LogP contribution in [0.25, 0.3) is 16.6 Å². The highest BCUT2D eigenvalue weighted by Gasteiger charge is 2.19. The number of hydrogen-bond acceptors (Lipinski definition) is 3. The number of carbonyl (C=O) groups is 2. The molecule has 0 unspecified atom stereocenters. The third kappa shape index (κ3) is 3.57. The van der Waals surface area contributed by atoms with Crippen LogP contribution in [0.5, 0.6) is 0 Å². The van der Waals surface area contributed by atoms with Crippen LogP contribution in [0.15, 0.2) is 60.7 Å². The lowest BCUT2D eigenvalue weighted by molar-refractivity contribution is 0.0469. The SMILES string of the molecule is Cc1cc(C(=O)COC(=O)c2cc3ccccc3[nH]2)c(C)n1-c1cccc(F)c1. The van der Waals surface area contributed by atoms with Crippen molar-refractivity contribution in [3.05, 3.63) is 89.1 Å². The van der Waals surface area contributed by atoms with Gasteiger partial charge in [0.2, 0.25) is 5.78 Å². The van der Waals surface area contributed by atoms with Crippen LogP contribution < -0.4 is 0 Å². The first-order valence-electron chi connectivity index (χ1n) is 9.17. The molecule has 6 heteroatoms. The molecule has 0 fully saturated rings. The van der Waals surface area contributed by atoms with Gasteiger partial charge in [-0.1, -0.05) is 24.3 Å². The van der Waals surface area contributed by atoms with Gasteiger partial charge in [-0.05, 0) is 50.2 Å². The minimum atomic E-state index is -0.589. The number of hydrogen-bond donors (Lipinski definition) is 1. The zero-order chi connectivity index (χ0) is 20.5. The number of esters is 1. The molecule has 4 aromatic rings. The zero-order valence-electron chi connectivity index (χ0n) is 16.0. The molecule has 5 nitrogen and oxygen atoms in total. The summed E-state index contributed by atoms with van der Waals surface area (Å²) in [5.74, 6) is -1.26. The normalized spacial score (nSPS) is 11.0. The summed E-state index contributed by atoms with van der Waals surface area (Å²) in [6.45, 7) is 3.25. The second-order valence-electron chi connectivity index (χ2n) is 6.87. The maximum absolute atomic E-state index is 13.6. The Morgan fingerprint density at radius 1 is 1.03 bits per heavy atom. The Bertz CT molecular complexity index is 1200. The fraction of sp³-hybridized carbons (Fsp3) is 0.130. The van der Waals surface area contributed by atoms with Crippen LogP contribution in [0, 0.1) is 19.7 Å². The molecular formula is C23H19FN2O3. The van der Waals surface area contributed by atoms with Gasteiger partial charge < -0.3 is 14.3 Å². The Morgan fingerprint density at radius 2 is 1.83 bits per heavy atom. The number of carbonyl (C=O) groups excluding carboxylic acids is 2. The first-order valence-corrected chi connectivity index (χ1v) is 9.17. The third-order valence-corrected chi connectivity index (χ3v) is 4.88. The average Bonchev–Trinajstić information content (AvgIpc) is 3.26. The van der Waals surface area contributed by atoms with E-state index in [0.717, 1.165) is 16.6 Å². The number of H-pyrrole nitrogens is 1. The molecule has 1 N–H and O–H groups in total. The average molecular weight is 390 g/mol. The summed E-state index contributed by atoms with van der Waals surface area (Å²) in [5, 5.41) is 0.893. The molecule has 0 saturated carbocycles. The molecule has 2 heterocycles. The van der Waals surface area contributed by atoms with Gasteiger partial charge >= 0.3 is 5.97 Å². The van der Waals surface area contributed by atoms with E-state index in [9.17, 15) is 14.0 Å². The van der Waals surface area contributed by atoms with Crippen LogP contribution in [-0.4, -0.2) is 27.9 Å². The summed E-state index contributed by atoms with van der Waals surface area (Å²) in [4.78, 5) is 28.0. The predicted molar refractivity (Wildman–Crippen MR) is 108 cm³/mol. The number of nitrogens with one attached hydrogen (secondary N) is 1. The number of halogens is 1. The van der Waals surface area contributed by atoms with Crippen LogP contribution in [0.1, 0.15) is 32.2 Å². The number of ether oxygens (including phenoxy) is 1. The molecule has 4 rings (SSSR count). The number of nitrogens with zero attached hydrogens (tertiary/aromatic N) is 1. The van der Waals surface area contributed by atoms with Crippen molar-refractivity contribution < 1.29 is 18.7 Å². The number of rotatable bonds is 5. The molecule has 2 aromatic heterocycles. The number of para-hydroxylation sites is 1. The molecule has 0 amide bonds. The van der Waals surface area contributed by atoms with Crippen LogP contribution in [0.3, 0.4) is 0 Å². The molecule has 0 saturated heterocycles. The van der Waals surface area contributed by atoms with Crippen molar-refractivity contribution in [1.82, 2.24) is 9.55 Å². The van der Waals surface area contributed by atoms with Gasteiger partial charge in [-0.25, -0.2) is 9.18 Å². The van der Waals surface area contributed by atoms with E-state index in [1.807, 2.05) is 31.2 Å². The van der Waals surface area contributed by atoms with Crippen molar-refractivity contribution in [1.29, 1.82) is 0 Å². The highest BCUT2D eigenvalue weighted by Crippen LogP contribution is 2.22. The van der Waals surface area contributed by atoms with Gasteiger partial charge in [-0.2, -0.15) is 0 Å². The number of benzene rings is 2. The predicted octanol–water partition coefficient (Wildman–Crippen LogP) is 4.75. The quantitative estimate of drug-likeness (QED) is 0.395. The highest BCUT2D eigenvalue weighted by atomic mass is 19.1. The monoisotopic (exact) mass is 390 g/mol. The highest BCUT2D eigenvalue weighted by molar-refractivity contribution is 6.01. The Kier molecular flexibility index (Phi) is 4.76. The van der Waals surface area contributed by atoms with E-state index in [1.54, 1.807) is 35.8 Å². The Morgan fingerprint density at radius 3 is 2.59 bits per heavy atom. The van der Waals surface area contributed by atoms with E-state index in [0.29, 0.717) is 22.6 Å². The Labute approximate surface area is 166 Å². The third-order valence-electron chi connectivity index (χ3n) is 4.88. The Hall–Kier alpha value is -3.67. The van der Waals surface area contributed by atoms with Crippen molar-refractivity contribution in [3.8, 4) is 5.69 Å². The summed E-state index contributed by atoms with van der Waals surface area (Å²) >= 11 is 0. The first-order chi connectivity index (χ1) is 13.9. The van der Waals surface area contributed by atoms with Gasteiger partial charge in [0.15, 0.2) is 6.61 Å². The Balaban J connectivity index is 1.51. The molecule has 29 heavy (non-hydrogen) atoms. The molecule has 0 atom stereocenters. The van der Waals surface area contributed by atoms with Gasteiger partial charge in [0.25, 0.3) is 0 Å². The topological polar surface area (TPSA) is 64.1 Å². The van der Waals surface area contributed by atoms with Gasteiger partial charge in [0.05, 0.1) is 0 Å². The van der Waals surface area contributed by atoms with Crippen molar-refractivity contribution in [3.63, 3.8) is 0 Å². The van der Waals surface area contributed by atoms with E-state index in [4.69, 9.17) is 4.74 Å². The molecular weight excluding hydrogens is 371 g/mol. The van der Waals surface area contributed by atoms with E-state index in [2.05, 4.69) is 4.98 Å². The minimum absolute atomic E-state index is 0.296. The lowest BCUT2D eigenvalue weighted by Crippen LogP contribution is -2.15. The maximum atomic E-state index is 13.6. The molecule has 0 bridgehead atoms. The van der Waals surface area contributed by atoms with Crippen molar-refractivity contribution >= 4 is 22.7 Å². The summed E-state index contributed by atoms with van der Waals surface area (Å²) < 4.78 is 20.6. The van der Waals surface area contributed by atoms with Crippen LogP contribution >= 0.6 is 0 Å². The number of aromatic nitrogens is 2. The van der Waals surface area contributed by atoms with Crippen molar-refractivity contribution in [2.45, 2.75) is 13.8 Å². The molecule has 0 aliphatic rings. The largest absolute Gasteiger partial charge is 0.453 e.